The maximum Gasteiger partial charge on any atom is 0.534 e. The lowest BCUT2D eigenvalue weighted by Gasteiger charge is -2.15. The number of aromatic nitrogens is 2. The Balaban J connectivity index is 1.29. The van der Waals surface area contributed by atoms with E-state index in [1.807, 2.05) is 43.3 Å². The van der Waals surface area contributed by atoms with Crippen LogP contribution in [0.4, 0.5) is 10.5 Å². The molecule has 39 heavy (non-hydrogen) atoms. The summed E-state index contributed by atoms with van der Waals surface area (Å²) >= 11 is 0. The average Bonchev–Trinajstić information content (AvgIpc) is 3.51. The molecule has 11 nitrogen and oxygen atoms in total. The minimum Gasteiger partial charge on any atom is -0.494 e. The van der Waals surface area contributed by atoms with Gasteiger partial charge in [-0.3, -0.25) is 14.2 Å². The molecule has 0 spiro atoms. The summed E-state index contributed by atoms with van der Waals surface area (Å²) in [6, 6.07) is 17.0. The van der Waals surface area contributed by atoms with Crippen molar-refractivity contribution in [3.63, 3.8) is 0 Å². The zero-order chi connectivity index (χ0) is 27.7. The lowest BCUT2D eigenvalue weighted by Crippen LogP contribution is -2.22. The molecule has 2 aromatic heterocycles. The molecule has 0 bridgehead atoms. The van der Waals surface area contributed by atoms with Crippen molar-refractivity contribution < 1.29 is 39.6 Å². The molecule has 1 atom stereocenters. The number of nitrogens with one attached hydrogen (secondary N) is 1. The molecule has 2 heterocycles. The molecule has 0 fully saturated rings. The van der Waals surface area contributed by atoms with Crippen LogP contribution in [-0.2, 0) is 22.5 Å². The summed E-state index contributed by atoms with van der Waals surface area (Å²) in [5.41, 5.74) is 4.81. The van der Waals surface area contributed by atoms with Crippen molar-refractivity contribution in [2.24, 2.45) is 0 Å². The molecular weight excluding hydrogens is 506 g/mol. The number of carbonyl (C=O) groups excluding carboxylic acids is 2. The van der Waals surface area contributed by atoms with Crippen LogP contribution in [0.1, 0.15) is 36.0 Å². The first-order valence-electron chi connectivity index (χ1n) is 12.3. The molecule has 1 unspecified atom stereocenters. The van der Waals surface area contributed by atoms with Crippen molar-refractivity contribution in [3.8, 4) is 34.6 Å². The fourth-order valence-electron chi connectivity index (χ4n) is 4.81. The van der Waals surface area contributed by atoms with Gasteiger partial charge in [0.15, 0.2) is 11.8 Å². The van der Waals surface area contributed by atoms with Crippen LogP contribution in [0.25, 0.3) is 11.1 Å². The Hall–Kier alpha value is -5.06. The highest BCUT2D eigenvalue weighted by molar-refractivity contribution is 5.92. The number of nitrogens with zero attached hydrogens (tertiary/aromatic N) is 2. The second kappa shape index (κ2) is 10.4. The van der Waals surface area contributed by atoms with Crippen LogP contribution >= 0.6 is 0 Å². The molecule has 5 rings (SSSR count). The van der Waals surface area contributed by atoms with E-state index >= 15 is 0 Å². The molecule has 1 aliphatic rings. The van der Waals surface area contributed by atoms with E-state index in [1.54, 1.807) is 6.07 Å². The predicted molar refractivity (Wildman–Crippen MR) is 140 cm³/mol. The number of fused-ring (bicyclic) bond motifs is 3. The van der Waals surface area contributed by atoms with E-state index < -0.39 is 17.9 Å². The van der Waals surface area contributed by atoms with E-state index in [0.29, 0.717) is 22.4 Å². The van der Waals surface area contributed by atoms with Crippen molar-refractivity contribution in [1.29, 1.82) is 0 Å². The number of aryl methyl sites for hydroxylation is 1. The molecule has 11 heteroatoms. The third-order valence-corrected chi connectivity index (χ3v) is 6.73. The summed E-state index contributed by atoms with van der Waals surface area (Å²) < 4.78 is 7.16. The highest BCUT2D eigenvalue weighted by atomic mass is 16.8. The normalized spacial score (nSPS) is 13.5. The van der Waals surface area contributed by atoms with Gasteiger partial charge in [0.05, 0.1) is 0 Å². The fraction of sp³-hybridized carbons (Fsp3) is 0.214. The van der Waals surface area contributed by atoms with Crippen molar-refractivity contribution in [1.82, 2.24) is 9.30 Å². The number of aromatic hydroxyl groups is 4. The molecule has 1 amide bonds. The molecule has 202 valence electrons. The predicted octanol–water partition coefficient (Wildman–Crippen LogP) is 4.08. The van der Waals surface area contributed by atoms with Gasteiger partial charge in [-0.25, -0.2) is 4.79 Å². The summed E-state index contributed by atoms with van der Waals surface area (Å²) in [6.45, 7) is 1.87. The number of benzene rings is 2. The van der Waals surface area contributed by atoms with E-state index in [4.69, 9.17) is 9.57 Å². The van der Waals surface area contributed by atoms with Gasteiger partial charge in [0.2, 0.25) is 17.7 Å². The molecule has 0 saturated heterocycles. The first kappa shape index (κ1) is 25.6. The maximum atomic E-state index is 12.7. The Bertz CT molecular complexity index is 1530. The largest absolute Gasteiger partial charge is 0.534 e. The Kier molecular flexibility index (Phi) is 6.80. The van der Waals surface area contributed by atoms with Crippen LogP contribution in [-0.4, -0.2) is 48.4 Å². The van der Waals surface area contributed by atoms with Crippen LogP contribution in [0.2, 0.25) is 0 Å². The van der Waals surface area contributed by atoms with Crippen molar-refractivity contribution >= 4 is 17.7 Å². The number of rotatable bonds is 8. The van der Waals surface area contributed by atoms with E-state index in [2.05, 4.69) is 5.32 Å². The molecule has 0 aliphatic heterocycles. The Morgan fingerprint density at radius 3 is 2.33 bits per heavy atom. The third kappa shape index (κ3) is 4.93. The molecule has 5 N–H and O–H groups in total. The molecule has 4 aromatic rings. The van der Waals surface area contributed by atoms with Gasteiger partial charge in [-0.1, -0.05) is 37.3 Å². The van der Waals surface area contributed by atoms with Crippen LogP contribution in [0, 0.1) is 0 Å². The van der Waals surface area contributed by atoms with E-state index in [0.717, 1.165) is 34.4 Å². The fourth-order valence-corrected chi connectivity index (χ4v) is 4.81. The molecule has 0 radical (unpaired) electrons. The Morgan fingerprint density at radius 1 is 0.897 bits per heavy atom. The lowest BCUT2D eigenvalue weighted by atomic mass is 9.97. The number of carbonyl (C=O) groups is 2. The molecular formula is C28H27N3O8. The van der Waals surface area contributed by atoms with Crippen LogP contribution in [0.3, 0.4) is 0 Å². The van der Waals surface area contributed by atoms with Crippen LogP contribution in [0.15, 0.2) is 60.7 Å². The van der Waals surface area contributed by atoms with Gasteiger partial charge < -0.3 is 30.5 Å². The number of hydrogen-bond donors (Lipinski definition) is 5. The summed E-state index contributed by atoms with van der Waals surface area (Å²) in [4.78, 5) is 29.9. The standard InChI is InChI=1S/C28H27N3O8/c1-2-16-13-26(35)30(27(16)36)12-11-23(32)29-17-7-8-20-18-5-3-4-6-19(18)22(21(20)14-17)15-38-28(37)39-31-24(33)9-10-25(31)34/h3-10,13-14,22,33-36H,2,11-12,15H2,1H3,(H,29,32). The molecule has 0 saturated carbocycles. The summed E-state index contributed by atoms with van der Waals surface area (Å²) in [7, 11) is 0. The molecule has 1 aliphatic carbocycles. The topological polar surface area (TPSA) is 155 Å². The first-order valence-corrected chi connectivity index (χ1v) is 12.3. The van der Waals surface area contributed by atoms with E-state index in [1.165, 1.54) is 10.6 Å². The van der Waals surface area contributed by atoms with Gasteiger partial charge in [0.25, 0.3) is 0 Å². The Labute approximate surface area is 223 Å². The minimum atomic E-state index is -1.12. The van der Waals surface area contributed by atoms with Crippen LogP contribution in [0.5, 0.6) is 23.5 Å². The van der Waals surface area contributed by atoms with Crippen molar-refractivity contribution in [3.05, 3.63) is 77.4 Å². The minimum absolute atomic E-state index is 0.0216. The van der Waals surface area contributed by atoms with Crippen molar-refractivity contribution in [2.75, 3.05) is 11.9 Å². The Morgan fingerprint density at radius 2 is 1.62 bits per heavy atom. The van der Waals surface area contributed by atoms with E-state index in [-0.39, 0.29) is 43.2 Å². The third-order valence-electron chi connectivity index (χ3n) is 6.73. The monoisotopic (exact) mass is 533 g/mol. The quantitative estimate of drug-likeness (QED) is 0.212. The SMILES string of the molecule is CCc1cc(O)n(CCC(=O)Nc2ccc3c(c2)C(COC(=O)On2c(O)ccc2O)c2ccccc2-3)c1O. The summed E-state index contributed by atoms with van der Waals surface area (Å²) in [6.07, 6.45) is -0.543. The van der Waals surface area contributed by atoms with Crippen molar-refractivity contribution in [2.45, 2.75) is 32.2 Å². The number of amides is 1. The van der Waals surface area contributed by atoms with E-state index in [9.17, 15) is 30.0 Å². The maximum absolute atomic E-state index is 12.7. The van der Waals surface area contributed by atoms with Crippen LogP contribution < -0.4 is 10.2 Å². The number of ether oxygens (including phenoxy) is 1. The average molecular weight is 534 g/mol. The van der Waals surface area contributed by atoms with Gasteiger partial charge >= 0.3 is 6.16 Å². The zero-order valence-electron chi connectivity index (χ0n) is 21.0. The van der Waals surface area contributed by atoms with Gasteiger partial charge in [0, 0.05) is 48.3 Å². The number of hydrogen-bond acceptors (Lipinski definition) is 8. The van der Waals surface area contributed by atoms with Gasteiger partial charge in [-0.2, -0.15) is 0 Å². The van der Waals surface area contributed by atoms with Gasteiger partial charge in [-0.05, 0) is 40.8 Å². The van der Waals surface area contributed by atoms with Gasteiger partial charge in [-0.15, -0.1) is 4.73 Å². The molecule has 2 aromatic carbocycles. The zero-order valence-corrected chi connectivity index (χ0v) is 21.0. The summed E-state index contributed by atoms with van der Waals surface area (Å²) in [5.74, 6) is -1.74. The second-order valence-electron chi connectivity index (χ2n) is 9.09. The first-order chi connectivity index (χ1) is 18.8. The number of anilines is 1. The summed E-state index contributed by atoms with van der Waals surface area (Å²) in [5, 5.41) is 42.5. The second-order valence-corrected chi connectivity index (χ2v) is 9.09. The smallest absolute Gasteiger partial charge is 0.494 e. The highest BCUT2D eigenvalue weighted by Gasteiger charge is 2.30. The van der Waals surface area contributed by atoms with Gasteiger partial charge in [0.1, 0.15) is 6.61 Å². The lowest BCUT2D eigenvalue weighted by molar-refractivity contribution is -0.116. The highest BCUT2D eigenvalue weighted by Crippen LogP contribution is 2.45.